The lowest BCUT2D eigenvalue weighted by molar-refractivity contribution is -0.137. The molecule has 0 radical (unpaired) electrons. The average Bonchev–Trinajstić information content (AvgIpc) is 2.97. The Hall–Kier alpha value is -2.62. The quantitative estimate of drug-likeness (QED) is 0.798. The summed E-state index contributed by atoms with van der Waals surface area (Å²) in [5.41, 5.74) is 0.130. The summed E-state index contributed by atoms with van der Waals surface area (Å²) in [6.07, 6.45) is 2.51. The van der Waals surface area contributed by atoms with Crippen molar-refractivity contribution >= 4 is 15.7 Å². The SMILES string of the molecule is O=S1(=O)CCC(CNC2=Nn3c(-c4cccc(C(F)(F)F)c4)cnc3CC=C2)CC1. The van der Waals surface area contributed by atoms with Crippen LogP contribution in [0.5, 0.6) is 0 Å². The van der Waals surface area contributed by atoms with Crippen LogP contribution in [0.15, 0.2) is 47.7 Å². The molecule has 2 aliphatic rings. The lowest BCUT2D eigenvalue weighted by atomic mass is 10.0. The van der Waals surface area contributed by atoms with E-state index in [2.05, 4.69) is 15.4 Å². The molecule has 0 saturated carbocycles. The van der Waals surface area contributed by atoms with Gasteiger partial charge < -0.3 is 5.32 Å². The fourth-order valence-electron chi connectivity index (χ4n) is 3.59. The number of alkyl halides is 3. The van der Waals surface area contributed by atoms with Gasteiger partial charge in [-0.2, -0.15) is 13.2 Å². The van der Waals surface area contributed by atoms with Crippen LogP contribution in [0.2, 0.25) is 0 Å². The molecule has 30 heavy (non-hydrogen) atoms. The van der Waals surface area contributed by atoms with Crippen LogP contribution in [-0.4, -0.2) is 42.0 Å². The van der Waals surface area contributed by atoms with Gasteiger partial charge >= 0.3 is 6.18 Å². The first kappa shape index (κ1) is 20.6. The van der Waals surface area contributed by atoms with Gasteiger partial charge in [-0.1, -0.05) is 18.2 Å². The van der Waals surface area contributed by atoms with Gasteiger partial charge in [0.05, 0.1) is 29.0 Å². The highest BCUT2D eigenvalue weighted by atomic mass is 32.2. The predicted octanol–water partition coefficient (Wildman–Crippen LogP) is 3.26. The van der Waals surface area contributed by atoms with Crippen molar-refractivity contribution in [1.82, 2.24) is 15.0 Å². The Balaban J connectivity index is 1.55. The molecule has 1 N–H and O–H groups in total. The Morgan fingerprint density at radius 2 is 1.97 bits per heavy atom. The molecule has 1 aromatic heterocycles. The molecule has 0 bridgehead atoms. The Morgan fingerprint density at radius 1 is 1.20 bits per heavy atom. The van der Waals surface area contributed by atoms with E-state index in [0.29, 0.717) is 48.7 Å². The molecular weight excluding hydrogens is 417 g/mol. The fourth-order valence-corrected chi connectivity index (χ4v) is 5.18. The van der Waals surface area contributed by atoms with Gasteiger partial charge in [-0.15, -0.1) is 5.10 Å². The van der Waals surface area contributed by atoms with Crippen LogP contribution in [0.3, 0.4) is 0 Å². The molecule has 1 fully saturated rings. The maximum atomic E-state index is 13.1. The van der Waals surface area contributed by atoms with E-state index >= 15 is 0 Å². The summed E-state index contributed by atoms with van der Waals surface area (Å²) in [4.78, 5) is 4.31. The Bertz CT molecular complexity index is 1090. The van der Waals surface area contributed by atoms with E-state index in [4.69, 9.17) is 0 Å². The summed E-state index contributed by atoms with van der Waals surface area (Å²) < 4.78 is 64.0. The first-order valence-corrected chi connectivity index (χ1v) is 11.5. The Morgan fingerprint density at radius 3 is 2.70 bits per heavy atom. The number of nitrogens with one attached hydrogen (secondary N) is 1. The Labute approximate surface area is 172 Å². The van der Waals surface area contributed by atoms with Crippen LogP contribution in [0.1, 0.15) is 24.2 Å². The summed E-state index contributed by atoms with van der Waals surface area (Å²) in [7, 11) is -2.91. The smallest absolute Gasteiger partial charge is 0.368 e. The standard InChI is InChI=1S/C20H21F3N4O2S/c21-20(22,23)16-4-1-3-15(11-16)17-13-25-19-6-2-5-18(26-27(17)19)24-12-14-7-9-30(28,29)10-8-14/h1-5,11,13-14H,6-10,12H2,(H,24,26). The van der Waals surface area contributed by atoms with Crippen molar-refractivity contribution in [1.29, 1.82) is 0 Å². The van der Waals surface area contributed by atoms with E-state index in [-0.39, 0.29) is 17.4 Å². The highest BCUT2D eigenvalue weighted by Gasteiger charge is 2.31. The maximum absolute atomic E-state index is 13.1. The number of allylic oxidation sites excluding steroid dienone is 1. The zero-order valence-corrected chi connectivity index (χ0v) is 16.9. The third-order valence-electron chi connectivity index (χ3n) is 5.32. The third kappa shape index (κ3) is 4.58. The Kier molecular flexibility index (Phi) is 5.44. The molecule has 4 rings (SSSR count). The lowest BCUT2D eigenvalue weighted by Gasteiger charge is -2.22. The van der Waals surface area contributed by atoms with Crippen LogP contribution in [-0.2, 0) is 22.4 Å². The van der Waals surface area contributed by atoms with E-state index < -0.39 is 21.6 Å². The molecule has 1 saturated heterocycles. The van der Waals surface area contributed by atoms with Gasteiger partial charge in [0, 0.05) is 18.5 Å². The van der Waals surface area contributed by atoms with Crippen molar-refractivity contribution < 1.29 is 21.6 Å². The minimum Gasteiger partial charge on any atom is -0.368 e. The average molecular weight is 438 g/mol. The number of amidine groups is 1. The van der Waals surface area contributed by atoms with Crippen molar-refractivity contribution in [2.24, 2.45) is 11.0 Å². The second-order valence-corrected chi connectivity index (χ2v) is 9.82. The van der Waals surface area contributed by atoms with Gasteiger partial charge in [-0.3, -0.25) is 0 Å². The molecule has 0 unspecified atom stereocenters. The molecular formula is C20H21F3N4O2S. The van der Waals surface area contributed by atoms with Gasteiger partial charge in [-0.25, -0.2) is 18.1 Å². The molecule has 2 aromatic rings. The number of hydrogen-bond donors (Lipinski definition) is 1. The third-order valence-corrected chi connectivity index (χ3v) is 7.04. The van der Waals surface area contributed by atoms with E-state index in [1.807, 2.05) is 12.2 Å². The second kappa shape index (κ2) is 7.90. The largest absolute Gasteiger partial charge is 0.416 e. The topological polar surface area (TPSA) is 76.3 Å². The number of halogens is 3. The van der Waals surface area contributed by atoms with Crippen LogP contribution in [0, 0.1) is 5.92 Å². The number of hydrogen-bond acceptors (Lipinski definition) is 5. The number of benzene rings is 1. The molecule has 0 atom stereocenters. The number of imidazole rings is 1. The first-order valence-electron chi connectivity index (χ1n) is 9.65. The fraction of sp³-hybridized carbons (Fsp3) is 0.400. The number of nitrogens with zero attached hydrogens (tertiary/aromatic N) is 3. The van der Waals surface area contributed by atoms with Gasteiger partial charge in [0.15, 0.2) is 0 Å². The van der Waals surface area contributed by atoms with Gasteiger partial charge in [-0.05, 0) is 37.0 Å². The number of rotatable bonds is 3. The molecule has 160 valence electrons. The molecule has 1 aromatic carbocycles. The lowest BCUT2D eigenvalue weighted by Crippen LogP contribution is -2.33. The highest BCUT2D eigenvalue weighted by molar-refractivity contribution is 7.91. The monoisotopic (exact) mass is 438 g/mol. The van der Waals surface area contributed by atoms with Crippen LogP contribution >= 0.6 is 0 Å². The summed E-state index contributed by atoms with van der Waals surface area (Å²) >= 11 is 0. The number of fused-ring (bicyclic) bond motifs is 1. The summed E-state index contributed by atoms with van der Waals surface area (Å²) in [5, 5.41) is 7.80. The van der Waals surface area contributed by atoms with Crippen molar-refractivity contribution in [3.63, 3.8) is 0 Å². The maximum Gasteiger partial charge on any atom is 0.416 e. The van der Waals surface area contributed by atoms with Gasteiger partial charge in [0.25, 0.3) is 0 Å². The van der Waals surface area contributed by atoms with Crippen molar-refractivity contribution in [2.75, 3.05) is 18.1 Å². The zero-order chi connectivity index (χ0) is 21.4. The molecule has 0 aliphatic carbocycles. The van der Waals surface area contributed by atoms with Crippen molar-refractivity contribution in [3.8, 4) is 11.3 Å². The zero-order valence-electron chi connectivity index (χ0n) is 16.1. The van der Waals surface area contributed by atoms with E-state index in [1.54, 1.807) is 10.7 Å². The minimum absolute atomic E-state index is 0.201. The second-order valence-electron chi connectivity index (χ2n) is 7.52. The molecule has 10 heteroatoms. The number of aromatic nitrogens is 2. The van der Waals surface area contributed by atoms with Crippen molar-refractivity contribution in [2.45, 2.75) is 25.4 Å². The number of sulfone groups is 1. The van der Waals surface area contributed by atoms with Crippen LogP contribution in [0.25, 0.3) is 11.3 Å². The molecule has 6 nitrogen and oxygen atoms in total. The predicted molar refractivity (Wildman–Crippen MR) is 108 cm³/mol. The summed E-state index contributed by atoms with van der Waals surface area (Å²) in [5.74, 6) is 1.82. The normalized spacial score (nSPS) is 19.1. The molecule has 0 spiro atoms. The highest BCUT2D eigenvalue weighted by Crippen LogP contribution is 2.32. The molecule has 3 heterocycles. The molecule has 2 aliphatic heterocycles. The van der Waals surface area contributed by atoms with E-state index in [1.165, 1.54) is 12.3 Å². The van der Waals surface area contributed by atoms with Gasteiger partial charge in [0.1, 0.15) is 21.5 Å². The van der Waals surface area contributed by atoms with Crippen LogP contribution < -0.4 is 5.32 Å². The first-order chi connectivity index (χ1) is 14.2. The minimum atomic E-state index is -4.43. The molecule has 0 amide bonds. The summed E-state index contributed by atoms with van der Waals surface area (Å²) in [6, 6.07) is 5.09. The van der Waals surface area contributed by atoms with Crippen molar-refractivity contribution in [3.05, 3.63) is 54.0 Å². The van der Waals surface area contributed by atoms with Crippen LogP contribution in [0.4, 0.5) is 13.2 Å². The summed E-state index contributed by atoms with van der Waals surface area (Å²) in [6.45, 7) is 0.585. The van der Waals surface area contributed by atoms with E-state index in [0.717, 1.165) is 12.1 Å². The van der Waals surface area contributed by atoms with E-state index in [9.17, 15) is 21.6 Å². The van der Waals surface area contributed by atoms with Gasteiger partial charge in [0.2, 0.25) is 0 Å².